The van der Waals surface area contributed by atoms with Crippen LogP contribution in [-0.4, -0.2) is 28.4 Å². The molecule has 0 atom stereocenters. The van der Waals surface area contributed by atoms with Crippen LogP contribution in [0.25, 0.3) is 0 Å². The number of alkyl halides is 2. The van der Waals surface area contributed by atoms with Crippen LogP contribution in [0.4, 0.5) is 13.9 Å². The molecule has 3 N–H and O–H groups in total. The van der Waals surface area contributed by atoms with Gasteiger partial charge in [-0.25, -0.2) is 13.8 Å². The minimum Gasteiger partial charge on any atom is -0.338 e. The molecule has 21 heavy (non-hydrogen) atoms. The van der Waals surface area contributed by atoms with Crippen molar-refractivity contribution in [2.45, 2.75) is 13.0 Å². The van der Waals surface area contributed by atoms with Gasteiger partial charge in [-0.1, -0.05) is 23.2 Å². The number of nitrogens with zero attached hydrogens (tertiary/aromatic N) is 2. The molecule has 2 aromatic rings. The van der Waals surface area contributed by atoms with Crippen LogP contribution in [0.1, 0.15) is 15.4 Å². The number of hydrogen-bond acceptors (Lipinski definition) is 4. The second-order valence-corrected chi connectivity index (χ2v) is 4.96. The first-order valence-corrected chi connectivity index (χ1v) is 6.81. The van der Waals surface area contributed by atoms with Crippen molar-refractivity contribution >= 4 is 22.4 Å². The summed E-state index contributed by atoms with van der Waals surface area (Å²) in [6.45, 7) is -0.290. The van der Waals surface area contributed by atoms with E-state index in [0.717, 1.165) is 0 Å². The SMILES string of the molecule is NCC#Cc1cnc(NC(=O)c2cccn2CC(F)F)s1. The minimum absolute atomic E-state index is 0.153. The van der Waals surface area contributed by atoms with Gasteiger partial charge >= 0.3 is 0 Å². The van der Waals surface area contributed by atoms with Gasteiger partial charge in [-0.2, -0.15) is 0 Å². The Labute approximate surface area is 123 Å². The molecule has 2 rings (SSSR count). The lowest BCUT2D eigenvalue weighted by molar-refractivity contribution is 0.0997. The molecule has 0 unspecified atom stereocenters. The number of amides is 1. The van der Waals surface area contributed by atoms with E-state index in [4.69, 9.17) is 5.73 Å². The summed E-state index contributed by atoms with van der Waals surface area (Å²) in [5, 5.41) is 2.91. The summed E-state index contributed by atoms with van der Waals surface area (Å²) >= 11 is 1.19. The van der Waals surface area contributed by atoms with E-state index in [-0.39, 0.29) is 12.2 Å². The van der Waals surface area contributed by atoms with E-state index < -0.39 is 18.9 Å². The van der Waals surface area contributed by atoms with Gasteiger partial charge in [-0.3, -0.25) is 10.1 Å². The summed E-state index contributed by atoms with van der Waals surface area (Å²) in [6, 6.07) is 3.01. The van der Waals surface area contributed by atoms with Gasteiger partial charge in [0, 0.05) is 6.20 Å². The van der Waals surface area contributed by atoms with Crippen molar-refractivity contribution < 1.29 is 13.6 Å². The normalized spacial score (nSPS) is 10.3. The van der Waals surface area contributed by atoms with Crippen molar-refractivity contribution in [2.75, 3.05) is 11.9 Å². The van der Waals surface area contributed by atoms with Crippen molar-refractivity contribution in [3.63, 3.8) is 0 Å². The number of nitrogens with one attached hydrogen (secondary N) is 1. The molecule has 8 heteroatoms. The molecule has 0 aliphatic heterocycles. The molecule has 0 saturated heterocycles. The zero-order valence-corrected chi connectivity index (χ0v) is 11.7. The maximum Gasteiger partial charge on any atom is 0.274 e. The van der Waals surface area contributed by atoms with Crippen LogP contribution in [0.2, 0.25) is 0 Å². The molecule has 5 nitrogen and oxygen atoms in total. The van der Waals surface area contributed by atoms with Gasteiger partial charge in [0.1, 0.15) is 5.69 Å². The molecule has 0 aliphatic carbocycles. The first kappa shape index (κ1) is 15.2. The van der Waals surface area contributed by atoms with Gasteiger partial charge in [0.25, 0.3) is 12.3 Å². The van der Waals surface area contributed by atoms with Gasteiger partial charge in [0.05, 0.1) is 24.2 Å². The number of nitrogens with two attached hydrogens (primary N) is 1. The van der Waals surface area contributed by atoms with E-state index in [1.807, 2.05) is 0 Å². The fourth-order valence-corrected chi connectivity index (χ4v) is 2.30. The van der Waals surface area contributed by atoms with Crippen LogP contribution in [0, 0.1) is 11.8 Å². The van der Waals surface area contributed by atoms with Crippen LogP contribution in [0.15, 0.2) is 24.5 Å². The zero-order valence-electron chi connectivity index (χ0n) is 10.8. The summed E-state index contributed by atoms with van der Waals surface area (Å²) < 4.78 is 26.0. The zero-order chi connectivity index (χ0) is 15.2. The fraction of sp³-hybridized carbons (Fsp3) is 0.231. The van der Waals surface area contributed by atoms with Crippen molar-refractivity contribution in [1.82, 2.24) is 9.55 Å². The summed E-state index contributed by atoms with van der Waals surface area (Å²) in [5.74, 6) is 4.98. The van der Waals surface area contributed by atoms with E-state index in [1.54, 1.807) is 0 Å². The Morgan fingerprint density at radius 1 is 1.57 bits per heavy atom. The monoisotopic (exact) mass is 310 g/mol. The summed E-state index contributed by atoms with van der Waals surface area (Å²) in [6.07, 6.45) is 0.421. The average molecular weight is 310 g/mol. The predicted octanol–water partition coefficient (Wildman–Crippen LogP) is 1.77. The molecule has 0 aromatic carbocycles. The Hall–Kier alpha value is -2.24. The number of aromatic nitrogens is 2. The summed E-state index contributed by atoms with van der Waals surface area (Å²) in [5.41, 5.74) is 5.41. The third-order valence-electron chi connectivity index (χ3n) is 2.44. The Kier molecular flexibility index (Phi) is 5.03. The van der Waals surface area contributed by atoms with E-state index in [9.17, 15) is 13.6 Å². The topological polar surface area (TPSA) is 72.9 Å². The number of rotatable bonds is 4. The molecule has 1 amide bonds. The van der Waals surface area contributed by atoms with Gasteiger partial charge in [0.15, 0.2) is 5.13 Å². The Morgan fingerprint density at radius 2 is 2.38 bits per heavy atom. The molecular formula is C13H12F2N4OS. The second kappa shape index (κ2) is 6.97. The fourth-order valence-electron chi connectivity index (χ4n) is 1.62. The van der Waals surface area contributed by atoms with Crippen LogP contribution >= 0.6 is 11.3 Å². The Balaban J connectivity index is 2.08. The maximum absolute atomic E-state index is 12.4. The smallest absolute Gasteiger partial charge is 0.274 e. The van der Waals surface area contributed by atoms with Crippen LogP contribution in [-0.2, 0) is 6.54 Å². The highest BCUT2D eigenvalue weighted by molar-refractivity contribution is 7.16. The molecule has 2 heterocycles. The average Bonchev–Trinajstić information content (AvgIpc) is 3.05. The highest BCUT2D eigenvalue weighted by Gasteiger charge is 2.15. The molecule has 2 aromatic heterocycles. The Morgan fingerprint density at radius 3 is 3.10 bits per heavy atom. The lowest BCUT2D eigenvalue weighted by Gasteiger charge is -2.07. The molecule has 0 fully saturated rings. The molecule has 0 spiro atoms. The number of halogens is 2. The van der Waals surface area contributed by atoms with E-state index in [2.05, 4.69) is 22.1 Å². The highest BCUT2D eigenvalue weighted by atomic mass is 32.1. The molecule has 0 saturated carbocycles. The number of hydrogen-bond donors (Lipinski definition) is 2. The third kappa shape index (κ3) is 4.11. The number of carbonyl (C=O) groups is 1. The molecule has 0 aliphatic rings. The first-order chi connectivity index (χ1) is 10.1. The lowest BCUT2D eigenvalue weighted by Crippen LogP contribution is -2.18. The Bertz CT molecular complexity index is 684. The van der Waals surface area contributed by atoms with Gasteiger partial charge in [-0.15, -0.1) is 0 Å². The van der Waals surface area contributed by atoms with Crippen molar-refractivity contribution in [3.8, 4) is 11.8 Å². The molecule has 110 valence electrons. The van der Waals surface area contributed by atoms with E-state index in [0.29, 0.717) is 10.0 Å². The van der Waals surface area contributed by atoms with E-state index in [1.165, 1.54) is 40.4 Å². The van der Waals surface area contributed by atoms with Crippen molar-refractivity contribution in [3.05, 3.63) is 35.1 Å². The number of anilines is 1. The summed E-state index contributed by atoms with van der Waals surface area (Å²) in [4.78, 5) is 16.7. The van der Waals surface area contributed by atoms with Crippen LogP contribution in [0.3, 0.4) is 0 Å². The van der Waals surface area contributed by atoms with Crippen LogP contribution in [0.5, 0.6) is 0 Å². The van der Waals surface area contributed by atoms with Gasteiger partial charge in [0.2, 0.25) is 0 Å². The van der Waals surface area contributed by atoms with Crippen LogP contribution < -0.4 is 11.1 Å². The summed E-state index contributed by atoms with van der Waals surface area (Å²) in [7, 11) is 0. The molecule has 0 radical (unpaired) electrons. The van der Waals surface area contributed by atoms with Gasteiger partial charge < -0.3 is 10.3 Å². The first-order valence-electron chi connectivity index (χ1n) is 5.99. The van der Waals surface area contributed by atoms with Crippen molar-refractivity contribution in [1.29, 1.82) is 0 Å². The standard InChI is InChI=1S/C13H12F2N4OS/c14-11(15)8-19-6-2-4-10(19)12(20)18-13-17-7-9(21-13)3-1-5-16/h2,4,6-7,11H,5,8,16H2,(H,17,18,20). The molecule has 0 bridgehead atoms. The molecular weight excluding hydrogens is 298 g/mol. The second-order valence-electron chi connectivity index (χ2n) is 3.93. The number of thiazole rings is 1. The largest absolute Gasteiger partial charge is 0.338 e. The highest BCUT2D eigenvalue weighted by Crippen LogP contribution is 2.18. The van der Waals surface area contributed by atoms with Crippen molar-refractivity contribution in [2.24, 2.45) is 5.73 Å². The predicted molar refractivity (Wildman–Crippen MR) is 76.4 cm³/mol. The number of carbonyl (C=O) groups excluding carboxylic acids is 1. The quantitative estimate of drug-likeness (QED) is 0.845. The van der Waals surface area contributed by atoms with Gasteiger partial charge in [-0.05, 0) is 12.1 Å². The third-order valence-corrected chi connectivity index (χ3v) is 3.26. The van der Waals surface area contributed by atoms with E-state index >= 15 is 0 Å². The lowest BCUT2D eigenvalue weighted by atomic mass is 10.4. The minimum atomic E-state index is -2.53. The maximum atomic E-state index is 12.4.